The Kier molecular flexibility index (Phi) is 4.80. The maximum Gasteiger partial charge on any atom is 0.266 e. The number of rotatable bonds is 3. The van der Waals surface area contributed by atoms with Crippen molar-refractivity contribution in [2.45, 2.75) is 0 Å². The number of H-pyrrole nitrogens is 1. The second kappa shape index (κ2) is 7.02. The van der Waals surface area contributed by atoms with Crippen LogP contribution in [0.3, 0.4) is 0 Å². The number of nitriles is 1. The van der Waals surface area contributed by atoms with Gasteiger partial charge < -0.3 is 9.72 Å². The Labute approximate surface area is 154 Å². The number of aromatic nitrogens is 1. The van der Waals surface area contributed by atoms with Crippen LogP contribution in [0, 0.1) is 11.3 Å². The molecule has 0 unspecified atom stereocenters. The van der Waals surface area contributed by atoms with Crippen LogP contribution in [0.5, 0.6) is 5.75 Å². The van der Waals surface area contributed by atoms with Gasteiger partial charge in [0.1, 0.15) is 17.4 Å². The Morgan fingerprint density at radius 3 is 2.36 bits per heavy atom. The molecule has 3 rings (SSSR count). The molecule has 1 N–H and O–H groups in total. The van der Waals surface area contributed by atoms with E-state index in [9.17, 15) is 10.1 Å². The summed E-state index contributed by atoms with van der Waals surface area (Å²) < 4.78 is 5.14. The van der Waals surface area contributed by atoms with Crippen LogP contribution in [0.2, 0.25) is 10.0 Å². The molecule has 25 heavy (non-hydrogen) atoms. The van der Waals surface area contributed by atoms with Crippen LogP contribution in [-0.2, 0) is 0 Å². The molecule has 0 aliphatic rings. The molecule has 0 saturated heterocycles. The van der Waals surface area contributed by atoms with Gasteiger partial charge in [-0.15, -0.1) is 0 Å². The maximum absolute atomic E-state index is 12.4. The van der Waals surface area contributed by atoms with E-state index in [1.165, 1.54) is 0 Å². The predicted molar refractivity (Wildman–Crippen MR) is 99.2 cm³/mol. The molecule has 1 aromatic heterocycles. The summed E-state index contributed by atoms with van der Waals surface area (Å²) >= 11 is 12.2. The molecule has 124 valence electrons. The van der Waals surface area contributed by atoms with E-state index in [-0.39, 0.29) is 5.56 Å². The van der Waals surface area contributed by atoms with Gasteiger partial charge in [0.2, 0.25) is 0 Å². The van der Waals surface area contributed by atoms with Gasteiger partial charge in [0.05, 0.1) is 7.11 Å². The monoisotopic (exact) mass is 370 g/mol. The molecule has 2 aromatic carbocycles. The van der Waals surface area contributed by atoms with Crippen molar-refractivity contribution in [2.24, 2.45) is 0 Å². The SMILES string of the molecule is COc1ccc(-c2cc(-c3ccc(Cl)cc3Cl)c(C#N)c(=O)[nH]2)cc1. The summed E-state index contributed by atoms with van der Waals surface area (Å²) in [6.07, 6.45) is 0. The lowest BCUT2D eigenvalue weighted by atomic mass is 9.99. The molecule has 0 saturated carbocycles. The van der Waals surface area contributed by atoms with Crippen LogP contribution >= 0.6 is 23.2 Å². The molecule has 0 amide bonds. The van der Waals surface area contributed by atoms with Crippen molar-refractivity contribution in [2.75, 3.05) is 7.11 Å². The Morgan fingerprint density at radius 1 is 1.04 bits per heavy atom. The predicted octanol–water partition coefficient (Wildman–Crippen LogP) is 4.90. The highest BCUT2D eigenvalue weighted by molar-refractivity contribution is 6.36. The van der Waals surface area contributed by atoms with Crippen LogP contribution in [0.15, 0.2) is 53.3 Å². The zero-order valence-corrected chi connectivity index (χ0v) is 14.7. The maximum atomic E-state index is 12.4. The van der Waals surface area contributed by atoms with E-state index in [0.29, 0.717) is 32.6 Å². The third-order valence-electron chi connectivity index (χ3n) is 3.77. The van der Waals surface area contributed by atoms with Crippen molar-refractivity contribution in [3.05, 3.63) is 74.5 Å². The highest BCUT2D eigenvalue weighted by Crippen LogP contribution is 2.33. The number of ether oxygens (including phenoxy) is 1. The van der Waals surface area contributed by atoms with Gasteiger partial charge in [-0.25, -0.2) is 0 Å². The molecule has 0 radical (unpaired) electrons. The first-order valence-electron chi connectivity index (χ1n) is 7.30. The number of benzene rings is 2. The number of aromatic amines is 1. The molecule has 6 heteroatoms. The Morgan fingerprint density at radius 2 is 1.76 bits per heavy atom. The van der Waals surface area contributed by atoms with E-state index in [2.05, 4.69) is 4.98 Å². The van der Waals surface area contributed by atoms with Gasteiger partial charge in [0, 0.05) is 26.9 Å². The number of nitrogens with zero attached hydrogens (tertiary/aromatic N) is 1. The van der Waals surface area contributed by atoms with Crippen LogP contribution in [0.4, 0.5) is 0 Å². The van der Waals surface area contributed by atoms with Crippen molar-refractivity contribution in [1.29, 1.82) is 5.26 Å². The number of hydrogen-bond acceptors (Lipinski definition) is 3. The fourth-order valence-electron chi connectivity index (χ4n) is 2.52. The minimum atomic E-state index is -0.475. The fraction of sp³-hybridized carbons (Fsp3) is 0.0526. The second-order valence-corrected chi connectivity index (χ2v) is 6.11. The summed E-state index contributed by atoms with van der Waals surface area (Å²) in [5, 5.41) is 10.2. The van der Waals surface area contributed by atoms with Crippen LogP contribution in [0.25, 0.3) is 22.4 Å². The van der Waals surface area contributed by atoms with Crippen molar-refractivity contribution in [3.63, 3.8) is 0 Å². The van der Waals surface area contributed by atoms with Crippen molar-refractivity contribution < 1.29 is 4.74 Å². The molecule has 0 aliphatic heterocycles. The second-order valence-electron chi connectivity index (χ2n) is 5.27. The van der Waals surface area contributed by atoms with E-state index in [1.54, 1.807) is 43.5 Å². The van der Waals surface area contributed by atoms with Gasteiger partial charge in [-0.3, -0.25) is 4.79 Å². The van der Waals surface area contributed by atoms with Crippen molar-refractivity contribution in [1.82, 2.24) is 4.98 Å². The molecule has 1 heterocycles. The summed E-state index contributed by atoms with van der Waals surface area (Å²) in [6, 6.07) is 15.8. The van der Waals surface area contributed by atoms with Gasteiger partial charge >= 0.3 is 0 Å². The Balaban J connectivity index is 2.22. The van der Waals surface area contributed by atoms with E-state index in [4.69, 9.17) is 27.9 Å². The largest absolute Gasteiger partial charge is 0.497 e. The minimum Gasteiger partial charge on any atom is -0.497 e. The highest BCUT2D eigenvalue weighted by atomic mass is 35.5. The smallest absolute Gasteiger partial charge is 0.266 e. The van der Waals surface area contributed by atoms with Crippen LogP contribution in [0.1, 0.15) is 5.56 Å². The third kappa shape index (κ3) is 3.39. The number of nitrogens with one attached hydrogen (secondary N) is 1. The van der Waals surface area contributed by atoms with Gasteiger partial charge in [-0.2, -0.15) is 5.26 Å². The molecule has 4 nitrogen and oxygen atoms in total. The first-order chi connectivity index (χ1) is 12.0. The zero-order valence-electron chi connectivity index (χ0n) is 13.1. The average Bonchev–Trinajstić information content (AvgIpc) is 2.61. The van der Waals surface area contributed by atoms with E-state index >= 15 is 0 Å². The highest BCUT2D eigenvalue weighted by Gasteiger charge is 2.15. The average molecular weight is 371 g/mol. The first-order valence-corrected chi connectivity index (χ1v) is 8.06. The molecule has 0 aliphatic carbocycles. The van der Waals surface area contributed by atoms with Gasteiger partial charge in [0.25, 0.3) is 5.56 Å². The fourth-order valence-corrected chi connectivity index (χ4v) is 3.03. The summed E-state index contributed by atoms with van der Waals surface area (Å²) in [4.78, 5) is 15.1. The lowest BCUT2D eigenvalue weighted by molar-refractivity contribution is 0.415. The van der Waals surface area contributed by atoms with E-state index in [1.807, 2.05) is 18.2 Å². The summed E-state index contributed by atoms with van der Waals surface area (Å²) in [7, 11) is 1.58. The topological polar surface area (TPSA) is 65.9 Å². The summed E-state index contributed by atoms with van der Waals surface area (Å²) in [6.45, 7) is 0. The standard InChI is InChI=1S/C19H12Cl2N2O2/c1-25-13-5-2-11(3-6-13)18-9-15(16(10-22)19(24)23-18)14-7-4-12(20)8-17(14)21/h2-9H,1H3,(H,23,24). The van der Waals surface area contributed by atoms with E-state index in [0.717, 1.165) is 5.56 Å². The lowest BCUT2D eigenvalue weighted by Crippen LogP contribution is -2.12. The van der Waals surface area contributed by atoms with Crippen molar-refractivity contribution >= 4 is 23.2 Å². The molecule has 0 fully saturated rings. The normalized spacial score (nSPS) is 10.3. The lowest BCUT2D eigenvalue weighted by Gasteiger charge is -2.10. The first kappa shape index (κ1) is 17.1. The molecular formula is C19H12Cl2N2O2. The Hall–Kier alpha value is -2.74. The van der Waals surface area contributed by atoms with Crippen LogP contribution < -0.4 is 10.3 Å². The van der Waals surface area contributed by atoms with Gasteiger partial charge in [-0.1, -0.05) is 29.3 Å². The molecule has 0 spiro atoms. The summed E-state index contributed by atoms with van der Waals surface area (Å²) in [5.74, 6) is 0.709. The van der Waals surface area contributed by atoms with Crippen molar-refractivity contribution in [3.8, 4) is 34.2 Å². The van der Waals surface area contributed by atoms with E-state index < -0.39 is 5.56 Å². The number of pyridine rings is 1. The molecule has 3 aromatic rings. The number of halogens is 2. The molecular weight excluding hydrogens is 359 g/mol. The minimum absolute atomic E-state index is 0.00137. The number of methoxy groups -OCH3 is 1. The Bertz CT molecular complexity index is 1030. The van der Waals surface area contributed by atoms with Gasteiger partial charge in [-0.05, 0) is 48.0 Å². The third-order valence-corrected chi connectivity index (χ3v) is 4.32. The molecule has 0 bridgehead atoms. The molecule has 0 atom stereocenters. The quantitative estimate of drug-likeness (QED) is 0.713. The zero-order chi connectivity index (χ0) is 18.0. The van der Waals surface area contributed by atoms with Crippen LogP contribution in [-0.4, -0.2) is 12.1 Å². The number of hydrogen-bond donors (Lipinski definition) is 1. The summed E-state index contributed by atoms with van der Waals surface area (Å²) in [5.41, 5.74) is 1.92. The van der Waals surface area contributed by atoms with Gasteiger partial charge in [0.15, 0.2) is 0 Å².